The van der Waals surface area contributed by atoms with Crippen molar-refractivity contribution in [3.8, 4) is 0 Å². The van der Waals surface area contributed by atoms with Gasteiger partial charge >= 0.3 is 0 Å². The maximum atomic E-state index is 10.8. The summed E-state index contributed by atoms with van der Waals surface area (Å²) in [5.41, 5.74) is 0. The largest absolute Gasteiger partial charge is 0.317 e. The number of hydrogen-bond acceptors (Lipinski definition) is 3. The smallest absolute Gasteiger partial charge is 0.133 e. The van der Waals surface area contributed by atoms with E-state index in [1.54, 1.807) is 0 Å². The van der Waals surface area contributed by atoms with Gasteiger partial charge in [0.15, 0.2) is 0 Å². The van der Waals surface area contributed by atoms with Gasteiger partial charge in [-0.15, -0.1) is 0 Å². The molecule has 12 heavy (non-hydrogen) atoms. The van der Waals surface area contributed by atoms with Gasteiger partial charge in [-0.05, 0) is 20.1 Å². The van der Waals surface area contributed by atoms with Crippen LogP contribution in [0.4, 0.5) is 0 Å². The molecule has 0 aromatic rings. The van der Waals surface area contributed by atoms with Crippen molar-refractivity contribution in [1.82, 2.24) is 0 Å². The monoisotopic (exact) mass is 171 g/mol. The maximum absolute atomic E-state index is 10.8. The van der Waals surface area contributed by atoms with Gasteiger partial charge in [0.25, 0.3) is 0 Å². The first kappa shape index (κ1) is 13.6. The zero-order valence-corrected chi connectivity index (χ0v) is 7.85. The van der Waals surface area contributed by atoms with Crippen LogP contribution in [-0.4, -0.2) is 18.3 Å². The molecule has 0 atom stereocenters. The molecule has 3 heteroatoms. The van der Waals surface area contributed by atoms with Crippen LogP contribution in [0.1, 0.15) is 39.5 Å². The number of carbonyl (C=O) groups is 2. The predicted octanol–water partition coefficient (Wildman–Crippen LogP) is 1.99. The van der Waals surface area contributed by atoms with E-state index in [1.165, 1.54) is 6.92 Å². The molecule has 0 aliphatic carbocycles. The Morgan fingerprint density at radius 1 is 1.17 bits per heavy atom. The third kappa shape index (κ3) is 11.8. The third-order valence-electron chi connectivity index (χ3n) is 1.28. The molecule has 0 aliphatic rings. The molecule has 3 nitrogen and oxygen atoms in total. The summed E-state index contributed by atoms with van der Waals surface area (Å²) < 4.78 is 0. The molecule has 0 aliphatic heterocycles. The van der Waals surface area contributed by atoms with Crippen LogP contribution in [0, 0.1) is 5.41 Å². The lowest BCUT2D eigenvalue weighted by atomic mass is 10.1. The van der Waals surface area contributed by atoms with Crippen molar-refractivity contribution in [3.63, 3.8) is 0 Å². The highest BCUT2D eigenvalue weighted by Gasteiger charge is 2.01. The molecule has 0 unspecified atom stereocenters. The second-order valence-corrected chi connectivity index (χ2v) is 2.49. The Bertz CT molecular complexity index is 143. The van der Waals surface area contributed by atoms with E-state index in [1.807, 2.05) is 6.92 Å². The average Bonchev–Trinajstić information content (AvgIpc) is 2.05. The normalized spacial score (nSPS) is 8.17. The van der Waals surface area contributed by atoms with E-state index in [4.69, 9.17) is 5.41 Å². The van der Waals surface area contributed by atoms with Crippen LogP contribution in [-0.2, 0) is 9.59 Å². The van der Waals surface area contributed by atoms with Crippen molar-refractivity contribution in [2.75, 3.05) is 0 Å². The third-order valence-corrected chi connectivity index (χ3v) is 1.28. The van der Waals surface area contributed by atoms with Crippen molar-refractivity contribution in [3.05, 3.63) is 0 Å². The number of nitrogens with one attached hydrogen (secondary N) is 1. The van der Waals surface area contributed by atoms with E-state index >= 15 is 0 Å². The quantitative estimate of drug-likeness (QED) is 0.643. The molecule has 0 spiro atoms. The summed E-state index contributed by atoms with van der Waals surface area (Å²) in [7, 11) is 0. The van der Waals surface area contributed by atoms with Crippen LogP contribution in [0.2, 0.25) is 0 Å². The van der Waals surface area contributed by atoms with Gasteiger partial charge < -0.3 is 10.2 Å². The highest BCUT2D eigenvalue weighted by atomic mass is 16.1. The van der Waals surface area contributed by atoms with Crippen LogP contribution in [0.25, 0.3) is 0 Å². The summed E-state index contributed by atoms with van der Waals surface area (Å²) in [5, 5.41) is 5.50. The van der Waals surface area contributed by atoms with Crippen LogP contribution in [0.15, 0.2) is 0 Å². The molecule has 0 fully saturated rings. The van der Waals surface area contributed by atoms with E-state index in [0.29, 0.717) is 19.3 Å². The Hall–Kier alpha value is -0.990. The first-order chi connectivity index (χ1) is 5.66. The molecule has 0 bridgehead atoms. The lowest BCUT2D eigenvalue weighted by molar-refractivity contribution is -0.123. The maximum Gasteiger partial charge on any atom is 0.133 e. The fourth-order valence-corrected chi connectivity index (χ4v) is 0.719. The summed E-state index contributed by atoms with van der Waals surface area (Å²) in [6, 6.07) is 0. The average molecular weight is 171 g/mol. The minimum Gasteiger partial charge on any atom is -0.317 e. The van der Waals surface area contributed by atoms with Gasteiger partial charge in [0, 0.05) is 19.3 Å². The zero-order valence-electron chi connectivity index (χ0n) is 7.85. The topological polar surface area (TPSA) is 58.0 Å². The number of carbonyl (C=O) groups excluding carboxylic acids is 2. The van der Waals surface area contributed by atoms with Crippen LogP contribution < -0.4 is 0 Å². The van der Waals surface area contributed by atoms with E-state index in [9.17, 15) is 9.59 Å². The Kier molecular flexibility index (Phi) is 11.3. The highest BCUT2D eigenvalue weighted by Crippen LogP contribution is 1.97. The van der Waals surface area contributed by atoms with E-state index in [-0.39, 0.29) is 11.6 Å². The van der Waals surface area contributed by atoms with Crippen molar-refractivity contribution in [2.45, 2.75) is 39.5 Å². The molecule has 0 aromatic heterocycles. The van der Waals surface area contributed by atoms with Crippen LogP contribution >= 0.6 is 0 Å². The lowest BCUT2D eigenvalue weighted by Gasteiger charge is -1.93. The molecular formula is C9H17NO2. The van der Waals surface area contributed by atoms with Gasteiger partial charge in [-0.3, -0.25) is 4.79 Å². The van der Waals surface area contributed by atoms with E-state index < -0.39 is 0 Å². The van der Waals surface area contributed by atoms with Gasteiger partial charge in [-0.25, -0.2) is 0 Å². The first-order valence-corrected chi connectivity index (χ1v) is 4.03. The van der Waals surface area contributed by atoms with Gasteiger partial charge in [-0.1, -0.05) is 6.92 Å². The zero-order chi connectivity index (χ0) is 9.98. The molecule has 0 rings (SSSR count). The van der Waals surface area contributed by atoms with Gasteiger partial charge in [-0.2, -0.15) is 0 Å². The number of hydrogen-bond donors (Lipinski definition) is 1. The summed E-state index contributed by atoms with van der Waals surface area (Å²) in [6.45, 7) is 5.98. The Balaban J connectivity index is 0. The summed E-state index contributed by atoms with van der Waals surface area (Å²) in [4.78, 5) is 21.2. The number of Topliss-reactive ketones (excluding diaryl/α,β-unsaturated/α-hetero) is 2. The summed E-state index contributed by atoms with van der Waals surface area (Å²) in [5.74, 6) is 0.308. The Morgan fingerprint density at radius 2 is 1.67 bits per heavy atom. The van der Waals surface area contributed by atoms with Crippen molar-refractivity contribution >= 4 is 18.3 Å². The van der Waals surface area contributed by atoms with Crippen LogP contribution in [0.5, 0.6) is 0 Å². The molecule has 1 N–H and O–H groups in total. The van der Waals surface area contributed by atoms with Crippen molar-refractivity contribution in [2.24, 2.45) is 0 Å². The van der Waals surface area contributed by atoms with Gasteiger partial charge in [0.1, 0.15) is 11.6 Å². The van der Waals surface area contributed by atoms with Crippen molar-refractivity contribution < 1.29 is 9.59 Å². The molecule has 0 saturated carbocycles. The SMILES string of the molecule is C=N.CCCC(=O)CCC(C)=O. The second-order valence-electron chi connectivity index (χ2n) is 2.49. The fraction of sp³-hybridized carbons (Fsp3) is 0.667. The molecule has 70 valence electrons. The number of rotatable bonds is 5. The molecular weight excluding hydrogens is 154 g/mol. The molecule has 0 amide bonds. The van der Waals surface area contributed by atoms with Crippen molar-refractivity contribution in [1.29, 1.82) is 5.41 Å². The Labute approximate surface area is 73.7 Å². The van der Waals surface area contributed by atoms with E-state index in [2.05, 4.69) is 6.72 Å². The minimum atomic E-state index is 0.101. The van der Waals surface area contributed by atoms with Crippen LogP contribution in [0.3, 0.4) is 0 Å². The second kappa shape index (κ2) is 10.0. The molecule has 0 radical (unpaired) electrons. The predicted molar refractivity (Wildman–Crippen MR) is 49.7 cm³/mol. The van der Waals surface area contributed by atoms with E-state index in [0.717, 1.165) is 6.42 Å². The minimum absolute atomic E-state index is 0.101. The van der Waals surface area contributed by atoms with Gasteiger partial charge in [0.2, 0.25) is 0 Å². The summed E-state index contributed by atoms with van der Waals surface area (Å²) in [6.07, 6.45) is 2.35. The fourth-order valence-electron chi connectivity index (χ4n) is 0.719. The number of ketones is 2. The standard InChI is InChI=1S/C8H14O2.CH3N/c1-3-4-8(10)6-5-7(2)9;1-2/h3-6H2,1-2H3;2H,1H2. The Morgan fingerprint density at radius 3 is 2.00 bits per heavy atom. The lowest BCUT2D eigenvalue weighted by Crippen LogP contribution is -2.00. The molecule has 0 saturated heterocycles. The molecule has 0 heterocycles. The van der Waals surface area contributed by atoms with Gasteiger partial charge in [0.05, 0.1) is 0 Å². The molecule has 0 aromatic carbocycles. The summed E-state index contributed by atoms with van der Waals surface area (Å²) >= 11 is 0. The highest BCUT2D eigenvalue weighted by molar-refractivity contribution is 5.84. The first-order valence-electron chi connectivity index (χ1n) is 4.03.